The SMILES string of the molecule is Cc1ccnc(N)c1C=CCCN. The number of pyridine rings is 1. The molecule has 0 unspecified atom stereocenters. The van der Waals surface area contributed by atoms with Gasteiger partial charge in [-0.3, -0.25) is 0 Å². The number of aromatic nitrogens is 1. The molecule has 70 valence electrons. The first-order valence-electron chi connectivity index (χ1n) is 4.33. The van der Waals surface area contributed by atoms with Crippen LogP contribution in [0.5, 0.6) is 0 Å². The summed E-state index contributed by atoms with van der Waals surface area (Å²) >= 11 is 0. The zero-order chi connectivity index (χ0) is 9.68. The third-order valence-electron chi connectivity index (χ3n) is 1.86. The number of hydrogen-bond acceptors (Lipinski definition) is 3. The van der Waals surface area contributed by atoms with E-state index in [0.29, 0.717) is 12.4 Å². The fourth-order valence-corrected chi connectivity index (χ4v) is 1.10. The standard InChI is InChI=1S/C10H15N3/c1-8-5-7-13-10(12)9(8)4-2-3-6-11/h2,4-5,7H,3,6,11H2,1H3,(H2,12,13). The van der Waals surface area contributed by atoms with Crippen LogP contribution in [0.3, 0.4) is 0 Å². The molecule has 13 heavy (non-hydrogen) atoms. The van der Waals surface area contributed by atoms with Crippen LogP contribution in [0.4, 0.5) is 5.82 Å². The van der Waals surface area contributed by atoms with Crippen LogP contribution in [0.2, 0.25) is 0 Å². The monoisotopic (exact) mass is 177 g/mol. The van der Waals surface area contributed by atoms with Crippen molar-refractivity contribution in [2.75, 3.05) is 12.3 Å². The number of nitrogens with two attached hydrogens (primary N) is 2. The summed E-state index contributed by atoms with van der Waals surface area (Å²) in [5, 5.41) is 0. The average Bonchev–Trinajstić information content (AvgIpc) is 2.10. The van der Waals surface area contributed by atoms with Gasteiger partial charge in [0, 0.05) is 11.8 Å². The molecule has 3 nitrogen and oxygen atoms in total. The van der Waals surface area contributed by atoms with Crippen LogP contribution in [0, 0.1) is 6.92 Å². The van der Waals surface area contributed by atoms with E-state index in [1.165, 1.54) is 0 Å². The topological polar surface area (TPSA) is 64.9 Å². The molecule has 0 atom stereocenters. The van der Waals surface area contributed by atoms with E-state index in [-0.39, 0.29) is 0 Å². The lowest BCUT2D eigenvalue weighted by Crippen LogP contribution is -1.97. The summed E-state index contributed by atoms with van der Waals surface area (Å²) in [6.45, 7) is 2.68. The molecule has 0 fully saturated rings. The van der Waals surface area contributed by atoms with Gasteiger partial charge < -0.3 is 11.5 Å². The average molecular weight is 177 g/mol. The first-order chi connectivity index (χ1) is 6.25. The van der Waals surface area contributed by atoms with Gasteiger partial charge in [0.2, 0.25) is 0 Å². The smallest absolute Gasteiger partial charge is 0.130 e. The second kappa shape index (κ2) is 4.62. The van der Waals surface area contributed by atoms with Gasteiger partial charge in [-0.1, -0.05) is 12.2 Å². The zero-order valence-electron chi connectivity index (χ0n) is 7.83. The highest BCUT2D eigenvalue weighted by molar-refractivity contribution is 5.63. The molecule has 0 spiro atoms. The number of hydrogen-bond donors (Lipinski definition) is 2. The summed E-state index contributed by atoms with van der Waals surface area (Å²) in [7, 11) is 0. The van der Waals surface area contributed by atoms with E-state index in [4.69, 9.17) is 11.5 Å². The quantitative estimate of drug-likeness (QED) is 0.732. The Morgan fingerprint density at radius 3 is 2.92 bits per heavy atom. The van der Waals surface area contributed by atoms with Crippen molar-refractivity contribution in [2.24, 2.45) is 5.73 Å². The van der Waals surface area contributed by atoms with E-state index in [1.54, 1.807) is 6.20 Å². The molecule has 0 saturated carbocycles. The van der Waals surface area contributed by atoms with Gasteiger partial charge in [0.05, 0.1) is 0 Å². The Bertz CT molecular complexity index is 285. The van der Waals surface area contributed by atoms with Gasteiger partial charge in [0.15, 0.2) is 0 Å². The largest absolute Gasteiger partial charge is 0.383 e. The predicted octanol–water partition coefficient (Wildman–Crippen LogP) is 1.33. The maximum Gasteiger partial charge on any atom is 0.130 e. The Kier molecular flexibility index (Phi) is 3.46. The van der Waals surface area contributed by atoms with Crippen molar-refractivity contribution in [3.05, 3.63) is 29.5 Å². The molecule has 1 aromatic rings. The Morgan fingerprint density at radius 2 is 2.31 bits per heavy atom. The van der Waals surface area contributed by atoms with E-state index in [1.807, 2.05) is 25.1 Å². The van der Waals surface area contributed by atoms with Gasteiger partial charge in [-0.15, -0.1) is 0 Å². The third kappa shape index (κ3) is 2.56. The van der Waals surface area contributed by atoms with Crippen molar-refractivity contribution in [3.8, 4) is 0 Å². The molecule has 4 N–H and O–H groups in total. The maximum absolute atomic E-state index is 5.71. The van der Waals surface area contributed by atoms with Crippen LogP contribution >= 0.6 is 0 Å². The van der Waals surface area contributed by atoms with E-state index in [9.17, 15) is 0 Å². The molecule has 0 aromatic carbocycles. The van der Waals surface area contributed by atoms with Gasteiger partial charge in [-0.05, 0) is 31.5 Å². The summed E-state index contributed by atoms with van der Waals surface area (Å²) < 4.78 is 0. The van der Waals surface area contributed by atoms with E-state index >= 15 is 0 Å². The molecular formula is C10H15N3. The highest BCUT2D eigenvalue weighted by Gasteiger charge is 1.98. The Labute approximate surface area is 78.5 Å². The van der Waals surface area contributed by atoms with Crippen molar-refractivity contribution >= 4 is 11.9 Å². The van der Waals surface area contributed by atoms with Gasteiger partial charge in [-0.25, -0.2) is 4.98 Å². The lowest BCUT2D eigenvalue weighted by atomic mass is 10.1. The lowest BCUT2D eigenvalue weighted by Gasteiger charge is -2.02. The van der Waals surface area contributed by atoms with Gasteiger partial charge in [0.1, 0.15) is 5.82 Å². The van der Waals surface area contributed by atoms with Gasteiger partial charge >= 0.3 is 0 Å². The van der Waals surface area contributed by atoms with Crippen molar-refractivity contribution in [3.63, 3.8) is 0 Å². The Balaban J connectivity index is 2.87. The zero-order valence-corrected chi connectivity index (χ0v) is 7.83. The van der Waals surface area contributed by atoms with Crippen LogP contribution in [0.1, 0.15) is 17.5 Å². The van der Waals surface area contributed by atoms with Crippen LogP contribution in [-0.2, 0) is 0 Å². The molecule has 0 bridgehead atoms. The van der Waals surface area contributed by atoms with Crippen molar-refractivity contribution in [1.82, 2.24) is 4.98 Å². The van der Waals surface area contributed by atoms with Crippen molar-refractivity contribution < 1.29 is 0 Å². The summed E-state index contributed by atoms with van der Waals surface area (Å²) in [4.78, 5) is 4.01. The minimum atomic E-state index is 0.577. The molecule has 0 amide bonds. The molecule has 3 heteroatoms. The van der Waals surface area contributed by atoms with E-state index in [2.05, 4.69) is 4.98 Å². The molecule has 0 aliphatic rings. The van der Waals surface area contributed by atoms with Crippen LogP contribution in [0.15, 0.2) is 18.3 Å². The maximum atomic E-state index is 5.71. The summed E-state index contributed by atoms with van der Waals surface area (Å²) in [5.74, 6) is 0.577. The highest BCUT2D eigenvalue weighted by atomic mass is 14.8. The molecular weight excluding hydrogens is 162 g/mol. The summed E-state index contributed by atoms with van der Waals surface area (Å²) in [6, 6.07) is 1.94. The van der Waals surface area contributed by atoms with Gasteiger partial charge in [0.25, 0.3) is 0 Å². The fourth-order valence-electron chi connectivity index (χ4n) is 1.10. The molecule has 0 aliphatic heterocycles. The van der Waals surface area contributed by atoms with Gasteiger partial charge in [-0.2, -0.15) is 0 Å². The van der Waals surface area contributed by atoms with Crippen LogP contribution in [0.25, 0.3) is 6.08 Å². The van der Waals surface area contributed by atoms with E-state index in [0.717, 1.165) is 17.5 Å². The summed E-state index contributed by atoms with van der Waals surface area (Å²) in [5.41, 5.74) is 13.2. The third-order valence-corrected chi connectivity index (χ3v) is 1.86. The van der Waals surface area contributed by atoms with Crippen molar-refractivity contribution in [2.45, 2.75) is 13.3 Å². The minimum Gasteiger partial charge on any atom is -0.383 e. The first kappa shape index (κ1) is 9.74. The van der Waals surface area contributed by atoms with Crippen LogP contribution < -0.4 is 11.5 Å². The molecule has 0 aliphatic carbocycles. The number of anilines is 1. The molecule has 1 rings (SSSR count). The minimum absolute atomic E-state index is 0.577. The van der Waals surface area contributed by atoms with Crippen molar-refractivity contribution in [1.29, 1.82) is 0 Å². The number of rotatable bonds is 3. The van der Waals surface area contributed by atoms with Crippen LogP contribution in [-0.4, -0.2) is 11.5 Å². The normalized spacial score (nSPS) is 10.9. The predicted molar refractivity (Wildman–Crippen MR) is 56.1 cm³/mol. The molecule has 0 saturated heterocycles. The molecule has 0 radical (unpaired) electrons. The molecule has 1 aromatic heterocycles. The Hall–Kier alpha value is -1.35. The second-order valence-corrected chi connectivity index (χ2v) is 2.91. The number of nitrogen functional groups attached to an aromatic ring is 1. The fraction of sp³-hybridized carbons (Fsp3) is 0.300. The number of nitrogens with zero attached hydrogens (tertiary/aromatic N) is 1. The first-order valence-corrected chi connectivity index (χ1v) is 4.33. The second-order valence-electron chi connectivity index (χ2n) is 2.91. The Morgan fingerprint density at radius 1 is 1.54 bits per heavy atom. The highest BCUT2D eigenvalue weighted by Crippen LogP contribution is 2.14. The number of aryl methyl sites for hydroxylation is 1. The van der Waals surface area contributed by atoms with E-state index < -0.39 is 0 Å². The molecule has 1 heterocycles. The summed E-state index contributed by atoms with van der Waals surface area (Å²) in [6.07, 6.45) is 6.57. The lowest BCUT2D eigenvalue weighted by molar-refractivity contribution is 1.01.